The van der Waals surface area contributed by atoms with Gasteiger partial charge in [-0.15, -0.1) is 0 Å². The second kappa shape index (κ2) is 8.31. The van der Waals surface area contributed by atoms with Crippen molar-refractivity contribution in [3.05, 3.63) is 54.1 Å². The van der Waals surface area contributed by atoms with Gasteiger partial charge in [-0.2, -0.15) is 0 Å². The van der Waals surface area contributed by atoms with E-state index in [0.29, 0.717) is 10.9 Å². The largest absolute Gasteiger partial charge is 0.497 e. The minimum atomic E-state index is -3.04. The third kappa shape index (κ3) is 4.62. The van der Waals surface area contributed by atoms with Crippen molar-refractivity contribution in [2.45, 2.75) is 18.2 Å². The number of ether oxygens (including phenoxy) is 1. The number of methoxy groups -OCH3 is 1. The van der Waals surface area contributed by atoms with Gasteiger partial charge in [-0.1, -0.05) is 23.9 Å². The first kappa shape index (κ1) is 20.7. The Morgan fingerprint density at radius 1 is 1.23 bits per heavy atom. The monoisotopic (exact) mass is 445 g/mol. The van der Waals surface area contributed by atoms with Gasteiger partial charge in [0, 0.05) is 16.6 Å². The van der Waals surface area contributed by atoms with E-state index in [1.165, 1.54) is 11.8 Å². The predicted octanol–water partition coefficient (Wildman–Crippen LogP) is 2.72. The first-order chi connectivity index (χ1) is 14.3. The maximum Gasteiger partial charge on any atom is 0.244 e. The number of benzene rings is 2. The second-order valence-corrected chi connectivity index (χ2v) is 10.8. The lowest BCUT2D eigenvalue weighted by molar-refractivity contribution is -0.114. The summed E-state index contributed by atoms with van der Waals surface area (Å²) < 4.78 is 29.0. The summed E-state index contributed by atoms with van der Waals surface area (Å²) in [5.41, 5.74) is 2.59. The molecule has 0 unspecified atom stereocenters. The van der Waals surface area contributed by atoms with Crippen molar-refractivity contribution in [3.8, 4) is 5.75 Å². The van der Waals surface area contributed by atoms with Crippen LogP contribution in [-0.2, 0) is 14.6 Å². The Morgan fingerprint density at radius 2 is 2.00 bits per heavy atom. The number of carbonyl (C=O) groups is 1. The third-order valence-electron chi connectivity index (χ3n) is 5.02. The summed E-state index contributed by atoms with van der Waals surface area (Å²) in [6, 6.07) is 14.8. The summed E-state index contributed by atoms with van der Waals surface area (Å²) in [6.07, 6.45) is 0. The molecule has 30 heavy (non-hydrogen) atoms. The number of hydrogen-bond donors (Lipinski definition) is 1. The van der Waals surface area contributed by atoms with Gasteiger partial charge in [0.2, 0.25) is 5.91 Å². The fraction of sp³-hybridized carbons (Fsp3) is 0.333. The Hall–Kier alpha value is -2.52. The normalized spacial score (nSPS) is 21.6. The fourth-order valence-electron chi connectivity index (χ4n) is 3.57. The van der Waals surface area contributed by atoms with Crippen LogP contribution in [0.1, 0.15) is 5.56 Å². The lowest BCUT2D eigenvalue weighted by Gasteiger charge is -2.24. The zero-order valence-corrected chi connectivity index (χ0v) is 18.4. The van der Waals surface area contributed by atoms with Crippen LogP contribution in [0.25, 0.3) is 0 Å². The van der Waals surface area contributed by atoms with Crippen molar-refractivity contribution in [2.75, 3.05) is 35.4 Å². The van der Waals surface area contributed by atoms with Crippen LogP contribution in [0.15, 0.2) is 53.5 Å². The number of amides is 1. The summed E-state index contributed by atoms with van der Waals surface area (Å²) in [5.74, 6) is 0.734. The predicted molar refractivity (Wildman–Crippen MR) is 121 cm³/mol. The Labute approximate surface area is 180 Å². The van der Waals surface area contributed by atoms with Gasteiger partial charge in [-0.25, -0.2) is 8.42 Å². The number of carbonyl (C=O) groups excluding carboxylic acids is 1. The van der Waals surface area contributed by atoms with Crippen LogP contribution in [0.4, 0.5) is 11.4 Å². The van der Waals surface area contributed by atoms with E-state index in [2.05, 4.69) is 10.3 Å². The molecule has 2 atom stereocenters. The Kier molecular flexibility index (Phi) is 5.75. The standard InChI is InChI=1S/C21H23N3O4S2/c1-14-4-3-5-15(10-14)22-20(25)11-24(16-6-8-17(28-2)9-7-16)21-23-18-12-30(26,27)13-19(18)29-21/h3-10,18-19H,11-13H2,1-2H3,(H,22,25)/t18-,19-/m0/s1. The lowest BCUT2D eigenvalue weighted by Crippen LogP contribution is -2.36. The molecule has 0 aliphatic carbocycles. The number of nitrogens with zero attached hydrogens (tertiary/aromatic N) is 2. The van der Waals surface area contributed by atoms with E-state index in [1.807, 2.05) is 60.4 Å². The second-order valence-electron chi connectivity index (χ2n) is 7.41. The topological polar surface area (TPSA) is 88.1 Å². The molecule has 0 spiro atoms. The Balaban J connectivity index is 1.57. The van der Waals surface area contributed by atoms with Gasteiger partial charge in [-0.3, -0.25) is 9.79 Å². The molecule has 0 saturated carbocycles. The summed E-state index contributed by atoms with van der Waals surface area (Å²) >= 11 is 1.43. The molecule has 1 N–H and O–H groups in total. The molecule has 9 heteroatoms. The molecule has 2 aliphatic heterocycles. The number of aliphatic imine (C=N–C) groups is 1. The van der Waals surface area contributed by atoms with E-state index in [9.17, 15) is 13.2 Å². The molecule has 2 heterocycles. The first-order valence-electron chi connectivity index (χ1n) is 9.56. The van der Waals surface area contributed by atoms with Gasteiger partial charge in [0.15, 0.2) is 15.0 Å². The quantitative estimate of drug-likeness (QED) is 0.761. The van der Waals surface area contributed by atoms with Crippen LogP contribution in [0, 0.1) is 6.92 Å². The minimum absolute atomic E-state index is 0.0678. The number of sulfone groups is 1. The SMILES string of the molecule is COc1ccc(N(CC(=O)Nc2cccc(C)c2)C2=N[C@H]3CS(=O)(=O)C[C@@H]3S2)cc1. The number of rotatable bonds is 5. The molecule has 0 radical (unpaired) electrons. The molecule has 1 amide bonds. The van der Waals surface area contributed by atoms with E-state index in [4.69, 9.17) is 4.74 Å². The van der Waals surface area contributed by atoms with Crippen molar-refractivity contribution in [2.24, 2.45) is 4.99 Å². The van der Waals surface area contributed by atoms with Gasteiger partial charge in [0.05, 0.1) is 24.7 Å². The van der Waals surface area contributed by atoms with Crippen LogP contribution in [0.5, 0.6) is 5.75 Å². The molecule has 2 aliphatic rings. The summed E-state index contributed by atoms with van der Waals surface area (Å²) in [6.45, 7) is 2.04. The van der Waals surface area contributed by atoms with E-state index >= 15 is 0 Å². The Morgan fingerprint density at radius 3 is 2.67 bits per heavy atom. The van der Waals surface area contributed by atoms with Crippen molar-refractivity contribution >= 4 is 44.0 Å². The lowest BCUT2D eigenvalue weighted by atomic mass is 10.2. The number of amidine groups is 1. The maximum absolute atomic E-state index is 12.8. The van der Waals surface area contributed by atoms with Gasteiger partial charge in [0.25, 0.3) is 0 Å². The minimum Gasteiger partial charge on any atom is -0.497 e. The van der Waals surface area contributed by atoms with Crippen molar-refractivity contribution in [1.29, 1.82) is 0 Å². The van der Waals surface area contributed by atoms with E-state index in [1.54, 1.807) is 7.11 Å². The van der Waals surface area contributed by atoms with Crippen LogP contribution in [0.3, 0.4) is 0 Å². The van der Waals surface area contributed by atoms with Crippen LogP contribution < -0.4 is 15.0 Å². The average molecular weight is 446 g/mol. The smallest absolute Gasteiger partial charge is 0.244 e. The van der Waals surface area contributed by atoms with Gasteiger partial charge >= 0.3 is 0 Å². The highest BCUT2D eigenvalue weighted by Gasteiger charge is 2.44. The highest BCUT2D eigenvalue weighted by Crippen LogP contribution is 2.37. The molecule has 4 rings (SSSR count). The Bertz CT molecular complexity index is 1080. The number of fused-ring (bicyclic) bond motifs is 1. The van der Waals surface area contributed by atoms with Gasteiger partial charge < -0.3 is 15.0 Å². The zero-order chi connectivity index (χ0) is 21.3. The first-order valence-corrected chi connectivity index (χ1v) is 12.3. The molecule has 158 valence electrons. The molecule has 2 aromatic carbocycles. The number of thioether (sulfide) groups is 1. The fourth-order valence-corrected chi connectivity index (χ4v) is 7.35. The summed E-state index contributed by atoms with van der Waals surface area (Å²) in [4.78, 5) is 19.3. The molecular weight excluding hydrogens is 422 g/mol. The molecule has 2 aromatic rings. The highest BCUT2D eigenvalue weighted by molar-refractivity contribution is 8.15. The van der Waals surface area contributed by atoms with Crippen LogP contribution in [0.2, 0.25) is 0 Å². The molecule has 7 nitrogen and oxygen atoms in total. The molecular formula is C21H23N3O4S2. The van der Waals surface area contributed by atoms with E-state index < -0.39 is 9.84 Å². The maximum atomic E-state index is 12.8. The summed E-state index contributed by atoms with van der Waals surface area (Å²) in [5, 5.41) is 3.51. The average Bonchev–Trinajstić information content (AvgIpc) is 3.19. The third-order valence-corrected chi connectivity index (χ3v) is 8.27. The van der Waals surface area contributed by atoms with E-state index in [0.717, 1.165) is 16.9 Å². The van der Waals surface area contributed by atoms with Crippen molar-refractivity contribution in [1.82, 2.24) is 0 Å². The van der Waals surface area contributed by atoms with Crippen molar-refractivity contribution < 1.29 is 17.9 Å². The highest BCUT2D eigenvalue weighted by atomic mass is 32.2. The number of nitrogens with one attached hydrogen (secondary N) is 1. The number of hydrogen-bond acceptors (Lipinski definition) is 7. The van der Waals surface area contributed by atoms with Gasteiger partial charge in [-0.05, 0) is 48.9 Å². The molecule has 0 aromatic heterocycles. The van der Waals surface area contributed by atoms with Crippen molar-refractivity contribution in [3.63, 3.8) is 0 Å². The molecule has 0 bridgehead atoms. The zero-order valence-electron chi connectivity index (χ0n) is 16.7. The van der Waals surface area contributed by atoms with Gasteiger partial charge in [0.1, 0.15) is 12.3 Å². The van der Waals surface area contributed by atoms with Crippen LogP contribution in [-0.4, -0.2) is 55.9 Å². The molecule has 1 fully saturated rings. The van der Waals surface area contributed by atoms with Crippen LogP contribution >= 0.6 is 11.8 Å². The van der Waals surface area contributed by atoms with E-state index in [-0.39, 0.29) is 35.2 Å². The number of aryl methyl sites for hydroxylation is 1. The summed E-state index contributed by atoms with van der Waals surface area (Å²) in [7, 11) is -1.44. The number of anilines is 2. The molecule has 1 saturated heterocycles.